The number of aromatic nitrogens is 3. The van der Waals surface area contributed by atoms with Crippen molar-refractivity contribution in [2.45, 2.75) is 53.1 Å². The number of methoxy groups -OCH3 is 1. The number of rotatable bonds is 10. The first kappa shape index (κ1) is 27.6. The quantitative estimate of drug-likeness (QED) is 0.437. The van der Waals surface area contributed by atoms with Gasteiger partial charge in [0.25, 0.3) is 5.56 Å². The number of amides is 1. The van der Waals surface area contributed by atoms with Crippen molar-refractivity contribution in [2.24, 2.45) is 5.92 Å². The van der Waals surface area contributed by atoms with Crippen LogP contribution in [0.4, 0.5) is 5.82 Å². The third kappa shape index (κ3) is 6.32. The summed E-state index contributed by atoms with van der Waals surface area (Å²) in [5.41, 5.74) is 1.15. The van der Waals surface area contributed by atoms with Crippen molar-refractivity contribution < 1.29 is 9.53 Å². The molecule has 4 rings (SSSR count). The Morgan fingerprint density at radius 3 is 2.68 bits per heavy atom. The molecule has 1 saturated heterocycles. The molecule has 0 radical (unpaired) electrons. The molecule has 9 heteroatoms. The highest BCUT2D eigenvalue weighted by molar-refractivity contribution is 5.80. The Labute approximate surface area is 224 Å². The second-order valence-electron chi connectivity index (χ2n) is 10.3. The number of benzene rings is 1. The van der Waals surface area contributed by atoms with Crippen LogP contribution >= 0.6 is 0 Å². The van der Waals surface area contributed by atoms with Crippen LogP contribution in [-0.2, 0) is 11.3 Å². The van der Waals surface area contributed by atoms with E-state index in [9.17, 15) is 9.59 Å². The number of hydrogen-bond acceptors (Lipinski definition) is 7. The van der Waals surface area contributed by atoms with Gasteiger partial charge in [0, 0.05) is 31.2 Å². The van der Waals surface area contributed by atoms with Gasteiger partial charge in [-0.2, -0.15) is 0 Å². The Hall–Kier alpha value is -3.46. The Balaban J connectivity index is 1.74. The van der Waals surface area contributed by atoms with Gasteiger partial charge in [0.2, 0.25) is 5.91 Å². The molecule has 3 aromatic rings. The first-order valence-electron chi connectivity index (χ1n) is 13.7. The second kappa shape index (κ2) is 12.4. The molecule has 0 saturated carbocycles. The SMILES string of the molecule is CCN(CC)CC1CCCN(c2ccc3nc(-c4cccc(OC)c4)n(CC(=O)NC(C)C)c(=O)c3n2)C1. The summed E-state index contributed by atoms with van der Waals surface area (Å²) in [4.78, 5) is 41.0. The minimum absolute atomic E-state index is 0.0417. The zero-order chi connectivity index (χ0) is 27.2. The van der Waals surface area contributed by atoms with Gasteiger partial charge in [0.05, 0.1) is 12.6 Å². The maximum absolute atomic E-state index is 13.8. The molecule has 0 spiro atoms. The lowest BCUT2D eigenvalue weighted by atomic mass is 9.97. The van der Waals surface area contributed by atoms with Crippen molar-refractivity contribution in [3.05, 3.63) is 46.8 Å². The predicted octanol–water partition coefficient (Wildman–Crippen LogP) is 3.55. The summed E-state index contributed by atoms with van der Waals surface area (Å²) >= 11 is 0. The third-order valence-corrected chi connectivity index (χ3v) is 7.12. The average Bonchev–Trinajstić information content (AvgIpc) is 2.92. The van der Waals surface area contributed by atoms with Gasteiger partial charge >= 0.3 is 0 Å². The van der Waals surface area contributed by atoms with Gasteiger partial charge in [-0.1, -0.05) is 26.0 Å². The average molecular weight is 521 g/mol. The minimum Gasteiger partial charge on any atom is -0.497 e. The van der Waals surface area contributed by atoms with E-state index in [1.54, 1.807) is 7.11 Å². The molecule has 1 atom stereocenters. The Morgan fingerprint density at radius 2 is 1.97 bits per heavy atom. The van der Waals surface area contributed by atoms with Gasteiger partial charge < -0.3 is 19.9 Å². The Morgan fingerprint density at radius 1 is 1.18 bits per heavy atom. The van der Waals surface area contributed by atoms with Crippen LogP contribution in [0, 0.1) is 5.92 Å². The molecule has 1 fully saturated rings. The Bertz CT molecular complexity index is 1320. The van der Waals surface area contributed by atoms with E-state index in [0.717, 1.165) is 45.0 Å². The number of nitrogens with zero attached hydrogens (tertiary/aromatic N) is 5. The molecule has 3 heterocycles. The summed E-state index contributed by atoms with van der Waals surface area (Å²) in [6, 6.07) is 11.1. The number of nitrogens with one attached hydrogen (secondary N) is 1. The van der Waals surface area contributed by atoms with Crippen LogP contribution < -0.4 is 20.5 Å². The molecule has 0 aliphatic carbocycles. The number of anilines is 1. The van der Waals surface area contributed by atoms with Crippen molar-refractivity contribution in [3.8, 4) is 17.1 Å². The van der Waals surface area contributed by atoms with Crippen LogP contribution in [0.3, 0.4) is 0 Å². The maximum atomic E-state index is 13.8. The lowest BCUT2D eigenvalue weighted by Gasteiger charge is -2.36. The topological polar surface area (TPSA) is 92.6 Å². The molecule has 2 aromatic heterocycles. The lowest BCUT2D eigenvalue weighted by molar-refractivity contribution is -0.122. The number of hydrogen-bond donors (Lipinski definition) is 1. The van der Waals surface area contributed by atoms with Crippen LogP contribution in [0.1, 0.15) is 40.5 Å². The number of carbonyl (C=O) groups is 1. The standard InChI is InChI=1S/C29H40N6O3/c1-6-33(7-2)17-21-10-9-15-34(18-21)25-14-13-24-27(32-25)29(37)35(19-26(36)30-20(3)4)28(31-24)22-11-8-12-23(16-22)38-5/h8,11-14,16,20-21H,6-7,9-10,15,17-19H2,1-5H3,(H,30,36). The van der Waals surface area contributed by atoms with E-state index >= 15 is 0 Å². The molecule has 1 N–H and O–H groups in total. The molecule has 204 valence electrons. The summed E-state index contributed by atoms with van der Waals surface area (Å²) in [7, 11) is 1.59. The van der Waals surface area contributed by atoms with Gasteiger partial charge in [0.1, 0.15) is 23.9 Å². The van der Waals surface area contributed by atoms with Crippen molar-refractivity contribution in [3.63, 3.8) is 0 Å². The van der Waals surface area contributed by atoms with Crippen LogP contribution in [0.25, 0.3) is 22.4 Å². The van der Waals surface area contributed by atoms with Crippen LogP contribution in [0.2, 0.25) is 0 Å². The molecule has 38 heavy (non-hydrogen) atoms. The summed E-state index contributed by atoms with van der Waals surface area (Å²) in [6.45, 7) is 13.0. The fraction of sp³-hybridized carbons (Fsp3) is 0.517. The maximum Gasteiger partial charge on any atom is 0.280 e. The van der Waals surface area contributed by atoms with Crippen LogP contribution in [-0.4, -0.2) is 71.2 Å². The molecule has 1 unspecified atom stereocenters. The number of carbonyl (C=O) groups excluding carboxylic acids is 1. The van der Waals surface area contributed by atoms with E-state index in [1.807, 2.05) is 50.2 Å². The summed E-state index contributed by atoms with van der Waals surface area (Å²) < 4.78 is 6.80. The number of pyridine rings is 1. The van der Waals surface area contributed by atoms with E-state index in [-0.39, 0.29) is 29.6 Å². The minimum atomic E-state index is -0.328. The number of piperidine rings is 1. The number of fused-ring (bicyclic) bond motifs is 1. The van der Waals surface area contributed by atoms with Crippen molar-refractivity contribution in [1.29, 1.82) is 0 Å². The van der Waals surface area contributed by atoms with Gasteiger partial charge in [-0.05, 0) is 70.0 Å². The molecule has 9 nitrogen and oxygen atoms in total. The highest BCUT2D eigenvalue weighted by Crippen LogP contribution is 2.26. The van der Waals surface area contributed by atoms with Crippen LogP contribution in [0.15, 0.2) is 41.2 Å². The fourth-order valence-electron chi connectivity index (χ4n) is 5.17. The van der Waals surface area contributed by atoms with E-state index < -0.39 is 0 Å². The van der Waals surface area contributed by atoms with Crippen molar-refractivity contribution in [1.82, 2.24) is 24.8 Å². The van der Waals surface area contributed by atoms with E-state index in [4.69, 9.17) is 14.7 Å². The monoisotopic (exact) mass is 520 g/mol. The zero-order valence-electron chi connectivity index (χ0n) is 23.2. The fourth-order valence-corrected chi connectivity index (χ4v) is 5.17. The smallest absolute Gasteiger partial charge is 0.280 e. The first-order valence-corrected chi connectivity index (χ1v) is 13.7. The second-order valence-corrected chi connectivity index (χ2v) is 10.3. The van der Waals surface area contributed by atoms with E-state index in [1.165, 1.54) is 11.0 Å². The summed E-state index contributed by atoms with van der Waals surface area (Å²) in [5.74, 6) is 2.15. The summed E-state index contributed by atoms with van der Waals surface area (Å²) in [6.07, 6.45) is 2.29. The highest BCUT2D eigenvalue weighted by atomic mass is 16.5. The van der Waals surface area contributed by atoms with Gasteiger partial charge in [-0.15, -0.1) is 0 Å². The molecular formula is C29H40N6O3. The van der Waals surface area contributed by atoms with Crippen molar-refractivity contribution in [2.75, 3.05) is 44.7 Å². The van der Waals surface area contributed by atoms with E-state index in [2.05, 4.69) is 29.0 Å². The summed E-state index contributed by atoms with van der Waals surface area (Å²) in [5, 5.41) is 2.88. The molecule has 1 aliphatic heterocycles. The molecule has 1 amide bonds. The Kier molecular flexibility index (Phi) is 8.99. The molecular weight excluding hydrogens is 480 g/mol. The normalized spacial score (nSPS) is 15.9. The molecule has 0 bridgehead atoms. The van der Waals surface area contributed by atoms with Gasteiger partial charge in [-0.3, -0.25) is 14.2 Å². The third-order valence-electron chi connectivity index (χ3n) is 7.12. The largest absolute Gasteiger partial charge is 0.497 e. The predicted molar refractivity (Wildman–Crippen MR) is 152 cm³/mol. The number of ether oxygens (including phenoxy) is 1. The molecule has 1 aliphatic rings. The molecule has 1 aromatic carbocycles. The lowest BCUT2D eigenvalue weighted by Crippen LogP contribution is -2.41. The van der Waals surface area contributed by atoms with Crippen molar-refractivity contribution >= 4 is 22.8 Å². The zero-order valence-corrected chi connectivity index (χ0v) is 23.2. The van der Waals surface area contributed by atoms with Gasteiger partial charge in [0.15, 0.2) is 5.52 Å². The first-order chi connectivity index (χ1) is 18.3. The van der Waals surface area contributed by atoms with Gasteiger partial charge in [-0.25, -0.2) is 9.97 Å². The van der Waals surface area contributed by atoms with E-state index in [0.29, 0.717) is 28.6 Å². The van der Waals surface area contributed by atoms with Crippen LogP contribution in [0.5, 0.6) is 5.75 Å². The highest BCUT2D eigenvalue weighted by Gasteiger charge is 2.24.